The molecule has 2 rings (SSSR count). The number of hydrogen-bond acceptors (Lipinski definition) is 5. The third-order valence-electron chi connectivity index (χ3n) is 4.17. The zero-order chi connectivity index (χ0) is 16.7. The Balaban J connectivity index is 0.00000288. The first kappa shape index (κ1) is 20.5. The monoisotopic (exact) mass is 357 g/mol. The highest BCUT2D eigenvalue weighted by Gasteiger charge is 2.25. The van der Waals surface area contributed by atoms with Gasteiger partial charge in [-0.05, 0) is 37.1 Å². The van der Waals surface area contributed by atoms with Gasteiger partial charge < -0.3 is 20.5 Å². The standard InChI is InChI=1S/C17H27N3O3.ClH/c1-22-15-6-5-13(10-16(15)23-2)11-20-9-3-4-14(12-20)17(21)19-8-7-18;/h5-6,10,14H,3-4,7-9,11-12,18H2,1-2H3,(H,19,21);1H. The lowest BCUT2D eigenvalue weighted by molar-refractivity contribution is -0.126. The smallest absolute Gasteiger partial charge is 0.224 e. The van der Waals surface area contributed by atoms with E-state index in [0.717, 1.165) is 49.5 Å². The van der Waals surface area contributed by atoms with Crippen LogP contribution in [0.4, 0.5) is 0 Å². The Morgan fingerprint density at radius 3 is 2.75 bits per heavy atom. The number of nitrogens with one attached hydrogen (secondary N) is 1. The number of carbonyl (C=O) groups excluding carboxylic acids is 1. The number of nitrogens with zero attached hydrogens (tertiary/aromatic N) is 1. The van der Waals surface area contributed by atoms with Crippen LogP contribution in [0.25, 0.3) is 0 Å². The summed E-state index contributed by atoms with van der Waals surface area (Å²) >= 11 is 0. The number of piperidine rings is 1. The summed E-state index contributed by atoms with van der Waals surface area (Å²) in [4.78, 5) is 14.4. The Bertz CT molecular complexity index is 528. The van der Waals surface area contributed by atoms with Crippen molar-refractivity contribution in [3.63, 3.8) is 0 Å². The van der Waals surface area contributed by atoms with Crippen LogP contribution in [0.5, 0.6) is 11.5 Å². The van der Waals surface area contributed by atoms with Gasteiger partial charge >= 0.3 is 0 Å². The van der Waals surface area contributed by atoms with E-state index in [-0.39, 0.29) is 24.2 Å². The van der Waals surface area contributed by atoms with E-state index in [1.807, 2.05) is 18.2 Å². The minimum atomic E-state index is 0. The van der Waals surface area contributed by atoms with E-state index in [1.54, 1.807) is 14.2 Å². The van der Waals surface area contributed by atoms with Crippen molar-refractivity contribution >= 4 is 18.3 Å². The fourth-order valence-corrected chi connectivity index (χ4v) is 2.99. The molecule has 0 aliphatic carbocycles. The Labute approximate surface area is 150 Å². The van der Waals surface area contributed by atoms with Crippen LogP contribution >= 0.6 is 12.4 Å². The van der Waals surface area contributed by atoms with Gasteiger partial charge in [-0.3, -0.25) is 9.69 Å². The van der Waals surface area contributed by atoms with E-state index in [0.29, 0.717) is 13.1 Å². The molecule has 1 fully saturated rings. The van der Waals surface area contributed by atoms with E-state index in [4.69, 9.17) is 15.2 Å². The molecular formula is C17H28ClN3O3. The summed E-state index contributed by atoms with van der Waals surface area (Å²) in [5.74, 6) is 1.64. The molecular weight excluding hydrogens is 330 g/mol. The first-order valence-corrected chi connectivity index (χ1v) is 8.09. The molecule has 3 N–H and O–H groups in total. The second-order valence-corrected chi connectivity index (χ2v) is 5.84. The number of amides is 1. The first-order chi connectivity index (χ1) is 11.2. The van der Waals surface area contributed by atoms with Crippen molar-refractivity contribution in [2.75, 3.05) is 40.4 Å². The number of benzene rings is 1. The molecule has 1 atom stereocenters. The number of halogens is 1. The average molecular weight is 358 g/mol. The largest absolute Gasteiger partial charge is 0.493 e. The van der Waals surface area contributed by atoms with Crippen molar-refractivity contribution in [1.82, 2.24) is 10.2 Å². The van der Waals surface area contributed by atoms with Crippen molar-refractivity contribution in [3.8, 4) is 11.5 Å². The highest BCUT2D eigenvalue weighted by Crippen LogP contribution is 2.28. The van der Waals surface area contributed by atoms with Gasteiger partial charge in [0.2, 0.25) is 5.91 Å². The quantitative estimate of drug-likeness (QED) is 0.771. The normalized spacial score (nSPS) is 17.7. The van der Waals surface area contributed by atoms with Gasteiger partial charge in [0.1, 0.15) is 0 Å². The Hall–Kier alpha value is -1.50. The van der Waals surface area contributed by atoms with Crippen molar-refractivity contribution in [3.05, 3.63) is 23.8 Å². The number of rotatable bonds is 7. The highest BCUT2D eigenvalue weighted by molar-refractivity contribution is 5.85. The van der Waals surface area contributed by atoms with Gasteiger partial charge in [-0.2, -0.15) is 0 Å². The SMILES string of the molecule is COc1ccc(CN2CCCC(C(=O)NCCN)C2)cc1OC.Cl. The van der Waals surface area contributed by atoms with E-state index >= 15 is 0 Å². The van der Waals surface area contributed by atoms with E-state index in [9.17, 15) is 4.79 Å². The van der Waals surface area contributed by atoms with Crippen LogP contribution in [0, 0.1) is 5.92 Å². The lowest BCUT2D eigenvalue weighted by Crippen LogP contribution is -2.43. The van der Waals surface area contributed by atoms with Crippen molar-refractivity contribution in [2.24, 2.45) is 11.7 Å². The van der Waals surface area contributed by atoms with Crippen LogP contribution in [0.15, 0.2) is 18.2 Å². The van der Waals surface area contributed by atoms with Gasteiger partial charge in [-0.15, -0.1) is 12.4 Å². The predicted octanol–water partition coefficient (Wildman–Crippen LogP) is 1.41. The third-order valence-corrected chi connectivity index (χ3v) is 4.17. The second-order valence-electron chi connectivity index (χ2n) is 5.84. The molecule has 1 saturated heterocycles. The molecule has 0 bridgehead atoms. The van der Waals surface area contributed by atoms with Gasteiger partial charge in [0, 0.05) is 26.2 Å². The zero-order valence-electron chi connectivity index (χ0n) is 14.4. The molecule has 136 valence electrons. The predicted molar refractivity (Wildman–Crippen MR) is 96.9 cm³/mol. The molecule has 1 amide bonds. The number of carbonyl (C=O) groups is 1. The van der Waals surface area contributed by atoms with Crippen LogP contribution in [-0.4, -0.2) is 51.2 Å². The summed E-state index contributed by atoms with van der Waals surface area (Å²) in [6, 6.07) is 5.96. The van der Waals surface area contributed by atoms with Gasteiger partial charge in [0.05, 0.1) is 20.1 Å². The second kappa shape index (κ2) is 10.4. The molecule has 1 aliphatic rings. The minimum Gasteiger partial charge on any atom is -0.493 e. The summed E-state index contributed by atoms with van der Waals surface area (Å²) in [5.41, 5.74) is 6.60. The van der Waals surface area contributed by atoms with E-state index in [2.05, 4.69) is 10.2 Å². The van der Waals surface area contributed by atoms with Crippen molar-refractivity contribution in [1.29, 1.82) is 0 Å². The molecule has 0 radical (unpaired) electrons. The molecule has 0 spiro atoms. The molecule has 1 aromatic rings. The topological polar surface area (TPSA) is 76.8 Å². The molecule has 7 heteroatoms. The summed E-state index contributed by atoms with van der Waals surface area (Å²) in [6.45, 7) is 3.62. The van der Waals surface area contributed by atoms with E-state index < -0.39 is 0 Å². The molecule has 0 saturated carbocycles. The van der Waals surface area contributed by atoms with Crippen LogP contribution in [-0.2, 0) is 11.3 Å². The number of methoxy groups -OCH3 is 2. The summed E-state index contributed by atoms with van der Waals surface area (Å²) in [7, 11) is 3.27. The fraction of sp³-hybridized carbons (Fsp3) is 0.588. The Morgan fingerprint density at radius 1 is 1.33 bits per heavy atom. The third kappa shape index (κ3) is 5.54. The summed E-state index contributed by atoms with van der Waals surface area (Å²) in [5, 5.41) is 2.89. The average Bonchev–Trinajstić information content (AvgIpc) is 2.59. The molecule has 0 aromatic heterocycles. The maximum absolute atomic E-state index is 12.1. The zero-order valence-corrected chi connectivity index (χ0v) is 15.2. The molecule has 6 nitrogen and oxygen atoms in total. The molecule has 1 unspecified atom stereocenters. The van der Waals surface area contributed by atoms with Crippen molar-refractivity contribution in [2.45, 2.75) is 19.4 Å². The summed E-state index contributed by atoms with van der Waals surface area (Å²) in [6.07, 6.45) is 1.98. The molecule has 1 aliphatic heterocycles. The van der Waals surface area contributed by atoms with Crippen LogP contribution in [0.2, 0.25) is 0 Å². The molecule has 1 heterocycles. The highest BCUT2D eigenvalue weighted by atomic mass is 35.5. The Kier molecular flexibility index (Phi) is 8.89. The lowest BCUT2D eigenvalue weighted by atomic mass is 9.96. The van der Waals surface area contributed by atoms with Gasteiger partial charge in [0.15, 0.2) is 11.5 Å². The Morgan fingerprint density at radius 2 is 2.08 bits per heavy atom. The number of likely N-dealkylation sites (tertiary alicyclic amines) is 1. The van der Waals surface area contributed by atoms with Crippen LogP contribution in [0.3, 0.4) is 0 Å². The molecule has 24 heavy (non-hydrogen) atoms. The van der Waals surface area contributed by atoms with Gasteiger partial charge in [0.25, 0.3) is 0 Å². The van der Waals surface area contributed by atoms with Gasteiger partial charge in [-0.25, -0.2) is 0 Å². The summed E-state index contributed by atoms with van der Waals surface area (Å²) < 4.78 is 10.6. The minimum absolute atomic E-state index is 0. The molecule has 1 aromatic carbocycles. The number of nitrogens with two attached hydrogens (primary N) is 1. The van der Waals surface area contributed by atoms with Crippen LogP contribution < -0.4 is 20.5 Å². The first-order valence-electron chi connectivity index (χ1n) is 8.09. The maximum Gasteiger partial charge on any atom is 0.224 e. The fourth-order valence-electron chi connectivity index (χ4n) is 2.99. The van der Waals surface area contributed by atoms with E-state index in [1.165, 1.54) is 0 Å². The maximum atomic E-state index is 12.1. The van der Waals surface area contributed by atoms with Crippen molar-refractivity contribution < 1.29 is 14.3 Å². The number of hydrogen-bond donors (Lipinski definition) is 2. The number of ether oxygens (including phenoxy) is 2. The van der Waals surface area contributed by atoms with Crippen LogP contribution in [0.1, 0.15) is 18.4 Å². The lowest BCUT2D eigenvalue weighted by Gasteiger charge is -2.32. The van der Waals surface area contributed by atoms with Gasteiger partial charge in [-0.1, -0.05) is 6.07 Å².